The lowest BCUT2D eigenvalue weighted by molar-refractivity contribution is -0.137. The number of hydrogen-bond acceptors (Lipinski definition) is 5. The second-order valence-electron chi connectivity index (χ2n) is 6.84. The maximum atomic E-state index is 12.7. The molecular weight excluding hydrogens is 399 g/mol. The molecule has 0 bridgehead atoms. The lowest BCUT2D eigenvalue weighted by atomic mass is 10.2. The fraction of sp³-hybridized carbons (Fsp3) is 0.450. The van der Waals surface area contributed by atoms with Crippen LogP contribution in [0, 0.1) is 0 Å². The number of ether oxygens (including phenoxy) is 1. The Morgan fingerprint density at radius 2 is 1.87 bits per heavy atom. The number of halogens is 3. The van der Waals surface area contributed by atoms with E-state index in [0.29, 0.717) is 36.9 Å². The van der Waals surface area contributed by atoms with Crippen LogP contribution >= 0.6 is 0 Å². The van der Waals surface area contributed by atoms with Gasteiger partial charge in [0.05, 0.1) is 12.1 Å². The molecule has 1 aliphatic heterocycles. The molecule has 0 spiro atoms. The lowest BCUT2D eigenvalue weighted by Crippen LogP contribution is -2.34. The molecule has 3 rings (SSSR count). The fourth-order valence-corrected chi connectivity index (χ4v) is 3.25. The standard InChI is InChI=1S/C20H24F3N5O2/c1-3-27(4-2)17-18(25-11-10-24-17)30-16-9-12-28(13-16)19(29)26-15-7-5-14(6-8-15)20(21,22)23/h5-8,10-11,16H,3-4,9,12-13H2,1-2H3,(H,26,29). The van der Waals surface area contributed by atoms with Gasteiger partial charge in [0.2, 0.25) is 0 Å². The molecule has 10 heteroatoms. The molecule has 30 heavy (non-hydrogen) atoms. The molecular formula is C20H24F3N5O2. The van der Waals surface area contributed by atoms with E-state index in [1.807, 2.05) is 18.7 Å². The average Bonchev–Trinajstić information content (AvgIpc) is 3.18. The summed E-state index contributed by atoms with van der Waals surface area (Å²) in [6, 6.07) is 3.97. The maximum absolute atomic E-state index is 12.7. The predicted octanol–water partition coefficient (Wildman–Crippen LogP) is 4.03. The Morgan fingerprint density at radius 1 is 1.20 bits per heavy atom. The van der Waals surface area contributed by atoms with E-state index in [4.69, 9.17) is 4.74 Å². The van der Waals surface area contributed by atoms with E-state index in [-0.39, 0.29) is 12.1 Å². The third-order valence-corrected chi connectivity index (χ3v) is 4.88. The number of carbonyl (C=O) groups is 1. The van der Waals surface area contributed by atoms with Crippen molar-refractivity contribution >= 4 is 17.5 Å². The first kappa shape index (κ1) is 21.7. The molecule has 1 unspecified atom stereocenters. The van der Waals surface area contributed by atoms with E-state index in [1.54, 1.807) is 17.3 Å². The molecule has 1 aliphatic rings. The van der Waals surface area contributed by atoms with Gasteiger partial charge in [-0.1, -0.05) is 0 Å². The minimum Gasteiger partial charge on any atom is -0.470 e. The second-order valence-corrected chi connectivity index (χ2v) is 6.84. The van der Waals surface area contributed by atoms with Crippen molar-refractivity contribution in [2.45, 2.75) is 32.5 Å². The van der Waals surface area contributed by atoms with Crippen molar-refractivity contribution in [3.8, 4) is 5.88 Å². The molecule has 7 nitrogen and oxygen atoms in total. The average molecular weight is 423 g/mol. The van der Waals surface area contributed by atoms with Gasteiger partial charge < -0.3 is 19.9 Å². The van der Waals surface area contributed by atoms with Gasteiger partial charge in [0.15, 0.2) is 5.82 Å². The number of alkyl halides is 3. The zero-order chi connectivity index (χ0) is 21.7. The number of likely N-dealkylation sites (tertiary alicyclic amines) is 1. The van der Waals surface area contributed by atoms with Crippen LogP contribution in [0.1, 0.15) is 25.8 Å². The van der Waals surface area contributed by atoms with Gasteiger partial charge in [-0.2, -0.15) is 13.2 Å². The van der Waals surface area contributed by atoms with Crippen LogP contribution in [0.25, 0.3) is 0 Å². The molecule has 2 heterocycles. The molecule has 1 saturated heterocycles. The van der Waals surface area contributed by atoms with E-state index in [2.05, 4.69) is 15.3 Å². The van der Waals surface area contributed by atoms with Crippen molar-refractivity contribution < 1.29 is 22.7 Å². The van der Waals surface area contributed by atoms with Crippen molar-refractivity contribution in [3.63, 3.8) is 0 Å². The SMILES string of the molecule is CCN(CC)c1nccnc1OC1CCN(C(=O)Nc2ccc(C(F)(F)F)cc2)C1. The number of aromatic nitrogens is 2. The number of nitrogens with zero attached hydrogens (tertiary/aromatic N) is 4. The Labute approximate surface area is 172 Å². The molecule has 2 aromatic rings. The summed E-state index contributed by atoms with van der Waals surface area (Å²) in [7, 11) is 0. The summed E-state index contributed by atoms with van der Waals surface area (Å²) >= 11 is 0. The number of anilines is 2. The lowest BCUT2D eigenvalue weighted by Gasteiger charge is -2.23. The van der Waals surface area contributed by atoms with Crippen LogP contribution in [0.3, 0.4) is 0 Å². The largest absolute Gasteiger partial charge is 0.470 e. The molecule has 1 fully saturated rings. The van der Waals surface area contributed by atoms with E-state index in [9.17, 15) is 18.0 Å². The van der Waals surface area contributed by atoms with Crippen LogP contribution < -0.4 is 15.0 Å². The molecule has 0 aliphatic carbocycles. The Bertz CT molecular complexity index is 856. The molecule has 1 atom stereocenters. The van der Waals surface area contributed by atoms with Gasteiger partial charge in [0.1, 0.15) is 6.10 Å². The van der Waals surface area contributed by atoms with Gasteiger partial charge >= 0.3 is 12.2 Å². The second kappa shape index (κ2) is 9.19. The predicted molar refractivity (Wildman–Crippen MR) is 107 cm³/mol. The van der Waals surface area contributed by atoms with Gasteiger partial charge in [-0.05, 0) is 38.1 Å². The van der Waals surface area contributed by atoms with Crippen molar-refractivity contribution in [1.82, 2.24) is 14.9 Å². The normalized spacial score (nSPS) is 16.4. The first-order valence-corrected chi connectivity index (χ1v) is 9.77. The molecule has 1 aromatic carbocycles. The smallest absolute Gasteiger partial charge is 0.416 e. The zero-order valence-electron chi connectivity index (χ0n) is 16.8. The molecule has 2 amide bonds. The Kier molecular flexibility index (Phi) is 6.63. The molecule has 0 saturated carbocycles. The number of rotatable bonds is 6. The third-order valence-electron chi connectivity index (χ3n) is 4.88. The summed E-state index contributed by atoms with van der Waals surface area (Å²) in [6.07, 6.45) is -0.860. The highest BCUT2D eigenvalue weighted by Gasteiger charge is 2.31. The Morgan fingerprint density at radius 3 is 2.50 bits per heavy atom. The summed E-state index contributed by atoms with van der Waals surface area (Å²) in [5.74, 6) is 1.09. The number of carbonyl (C=O) groups excluding carboxylic acids is 1. The quantitative estimate of drug-likeness (QED) is 0.760. The van der Waals surface area contributed by atoms with Gasteiger partial charge in [-0.3, -0.25) is 0 Å². The van der Waals surface area contributed by atoms with Crippen molar-refractivity contribution in [1.29, 1.82) is 0 Å². The van der Waals surface area contributed by atoms with E-state index in [1.165, 1.54) is 12.1 Å². The molecule has 0 radical (unpaired) electrons. The number of hydrogen-bond donors (Lipinski definition) is 1. The van der Waals surface area contributed by atoms with Crippen LogP contribution in [0.5, 0.6) is 5.88 Å². The minimum absolute atomic E-state index is 0.241. The van der Waals surface area contributed by atoms with Crippen molar-refractivity contribution in [3.05, 3.63) is 42.2 Å². The van der Waals surface area contributed by atoms with Gasteiger partial charge in [-0.15, -0.1) is 0 Å². The molecule has 162 valence electrons. The fourth-order valence-electron chi connectivity index (χ4n) is 3.25. The molecule has 1 aromatic heterocycles. The number of urea groups is 1. The van der Waals surface area contributed by atoms with Crippen LogP contribution in [0.2, 0.25) is 0 Å². The zero-order valence-corrected chi connectivity index (χ0v) is 16.8. The van der Waals surface area contributed by atoms with Gasteiger partial charge in [0, 0.05) is 44.1 Å². The summed E-state index contributed by atoms with van der Waals surface area (Å²) in [4.78, 5) is 24.7. The van der Waals surface area contributed by atoms with Crippen LogP contribution in [-0.2, 0) is 6.18 Å². The summed E-state index contributed by atoms with van der Waals surface area (Å²) < 4.78 is 44.0. The first-order chi connectivity index (χ1) is 14.3. The topological polar surface area (TPSA) is 70.6 Å². The van der Waals surface area contributed by atoms with Gasteiger partial charge in [-0.25, -0.2) is 14.8 Å². The molecule has 1 N–H and O–H groups in total. The van der Waals surface area contributed by atoms with Crippen molar-refractivity contribution in [2.24, 2.45) is 0 Å². The van der Waals surface area contributed by atoms with E-state index >= 15 is 0 Å². The van der Waals surface area contributed by atoms with Gasteiger partial charge in [0.25, 0.3) is 5.88 Å². The third kappa shape index (κ3) is 5.11. The summed E-state index contributed by atoms with van der Waals surface area (Å²) in [5, 5.41) is 2.62. The Hall–Kier alpha value is -3.04. The van der Waals surface area contributed by atoms with E-state index < -0.39 is 11.7 Å². The first-order valence-electron chi connectivity index (χ1n) is 9.77. The van der Waals surface area contributed by atoms with Crippen LogP contribution in [-0.4, -0.2) is 53.2 Å². The summed E-state index contributed by atoms with van der Waals surface area (Å²) in [5.41, 5.74) is -0.460. The minimum atomic E-state index is -4.41. The Balaban J connectivity index is 1.59. The highest BCUT2D eigenvalue weighted by atomic mass is 19.4. The number of nitrogens with one attached hydrogen (secondary N) is 1. The maximum Gasteiger partial charge on any atom is 0.416 e. The van der Waals surface area contributed by atoms with Crippen molar-refractivity contribution in [2.75, 3.05) is 36.4 Å². The monoisotopic (exact) mass is 423 g/mol. The van der Waals surface area contributed by atoms with Crippen LogP contribution in [0.15, 0.2) is 36.7 Å². The van der Waals surface area contributed by atoms with E-state index in [0.717, 1.165) is 25.2 Å². The number of benzene rings is 1. The highest BCUT2D eigenvalue weighted by molar-refractivity contribution is 5.89. The van der Waals surface area contributed by atoms with Crippen LogP contribution in [0.4, 0.5) is 29.5 Å². The summed E-state index contributed by atoms with van der Waals surface area (Å²) in [6.45, 7) is 6.38. The highest BCUT2D eigenvalue weighted by Crippen LogP contribution is 2.30. The number of amides is 2.